The summed E-state index contributed by atoms with van der Waals surface area (Å²) in [7, 11) is 1.69. The van der Waals surface area contributed by atoms with Gasteiger partial charge in [0.1, 0.15) is 0 Å². The molecule has 0 saturated carbocycles. The van der Waals surface area contributed by atoms with Gasteiger partial charge in [0.25, 0.3) is 0 Å². The third kappa shape index (κ3) is 8.76. The van der Waals surface area contributed by atoms with Crippen LogP contribution >= 0.6 is 0 Å². The summed E-state index contributed by atoms with van der Waals surface area (Å²) in [6.07, 6.45) is 4.25. The number of rotatable bonds is 14. The van der Waals surface area contributed by atoms with Crippen molar-refractivity contribution in [2.75, 3.05) is 46.6 Å². The number of benzene rings is 1. The Balaban J connectivity index is 2.53. The molecule has 0 aliphatic carbocycles. The molecule has 0 aliphatic heterocycles. The molecule has 0 aromatic heterocycles. The fraction of sp³-hybridized carbons (Fsp3) is 0.682. The first-order valence-electron chi connectivity index (χ1n) is 10.4. The second kappa shape index (κ2) is 14.5. The number of ether oxygens (including phenoxy) is 2. The Labute approximate surface area is 165 Å². The van der Waals surface area contributed by atoms with Crippen LogP contribution in [0.2, 0.25) is 0 Å². The molecule has 0 heterocycles. The molecule has 0 amide bonds. The van der Waals surface area contributed by atoms with Crippen LogP contribution in [0.5, 0.6) is 0 Å². The monoisotopic (exact) mass is 377 g/mol. The molecule has 0 spiro atoms. The van der Waals surface area contributed by atoms with Crippen LogP contribution in [0.25, 0.3) is 0 Å². The highest BCUT2D eigenvalue weighted by Gasteiger charge is 2.28. The average Bonchev–Trinajstić information content (AvgIpc) is 2.71. The van der Waals surface area contributed by atoms with Crippen LogP contribution in [0, 0.1) is 0 Å². The minimum Gasteiger partial charge on any atom is -0.382 e. The van der Waals surface area contributed by atoms with E-state index in [2.05, 4.69) is 61.7 Å². The van der Waals surface area contributed by atoms with Crippen LogP contribution in [-0.2, 0) is 14.9 Å². The zero-order chi connectivity index (χ0) is 19.8. The first kappa shape index (κ1) is 23.4. The van der Waals surface area contributed by atoms with Crippen molar-refractivity contribution in [2.45, 2.75) is 51.9 Å². The second-order valence-electron chi connectivity index (χ2n) is 6.79. The molecule has 1 rings (SSSR count). The quantitative estimate of drug-likeness (QED) is 0.295. The van der Waals surface area contributed by atoms with Crippen molar-refractivity contribution in [1.82, 2.24) is 10.6 Å². The van der Waals surface area contributed by atoms with Gasteiger partial charge in [-0.3, -0.25) is 4.99 Å². The second-order valence-corrected chi connectivity index (χ2v) is 6.79. The first-order valence-corrected chi connectivity index (χ1v) is 10.4. The summed E-state index contributed by atoms with van der Waals surface area (Å²) in [4.78, 5) is 4.91. The Morgan fingerprint density at radius 3 is 2.33 bits per heavy atom. The Bertz CT molecular complexity index is 502. The van der Waals surface area contributed by atoms with E-state index in [1.54, 1.807) is 7.11 Å². The van der Waals surface area contributed by atoms with Gasteiger partial charge in [0.05, 0.1) is 19.8 Å². The number of methoxy groups -OCH3 is 1. The lowest BCUT2D eigenvalue weighted by molar-refractivity contribution is 0.0689. The molecule has 0 unspecified atom stereocenters. The van der Waals surface area contributed by atoms with Gasteiger partial charge in [-0.05, 0) is 38.2 Å². The molecular weight excluding hydrogens is 338 g/mol. The molecule has 154 valence electrons. The van der Waals surface area contributed by atoms with E-state index in [0.717, 1.165) is 57.9 Å². The number of guanidine groups is 1. The molecular formula is C22H39N3O2. The minimum absolute atomic E-state index is 0.0960. The number of hydrogen-bond donors (Lipinski definition) is 2. The van der Waals surface area contributed by atoms with E-state index >= 15 is 0 Å². The van der Waals surface area contributed by atoms with Gasteiger partial charge in [-0.1, -0.05) is 44.2 Å². The van der Waals surface area contributed by atoms with E-state index in [1.165, 1.54) is 5.56 Å². The molecule has 27 heavy (non-hydrogen) atoms. The predicted molar refractivity (Wildman–Crippen MR) is 115 cm³/mol. The van der Waals surface area contributed by atoms with Crippen molar-refractivity contribution in [3.63, 3.8) is 0 Å². The van der Waals surface area contributed by atoms with Crippen molar-refractivity contribution < 1.29 is 9.47 Å². The maximum atomic E-state index is 5.50. The van der Waals surface area contributed by atoms with Gasteiger partial charge in [0.15, 0.2) is 5.96 Å². The van der Waals surface area contributed by atoms with Crippen LogP contribution < -0.4 is 10.6 Å². The molecule has 5 heteroatoms. The number of unbranched alkanes of at least 4 members (excludes halogenated alkanes) is 1. The highest BCUT2D eigenvalue weighted by molar-refractivity contribution is 5.79. The third-order valence-electron chi connectivity index (χ3n) is 5.06. The topological polar surface area (TPSA) is 54.9 Å². The number of nitrogens with zero attached hydrogens (tertiary/aromatic N) is 1. The average molecular weight is 378 g/mol. The summed E-state index contributed by atoms with van der Waals surface area (Å²) in [5, 5.41) is 6.82. The van der Waals surface area contributed by atoms with Gasteiger partial charge in [-0.15, -0.1) is 0 Å². The Kier molecular flexibility index (Phi) is 12.6. The van der Waals surface area contributed by atoms with E-state index in [4.69, 9.17) is 14.5 Å². The molecule has 1 aromatic rings. The standard InChI is InChI=1S/C22H39N3O2/c1-5-22(6-2,20-13-9-8-10-14-20)19-25-21(23-7-3)24-15-11-12-16-27-18-17-26-4/h8-10,13-14H,5-7,11-12,15-19H2,1-4H3,(H2,23,24,25). The molecule has 0 aliphatic rings. The fourth-order valence-corrected chi connectivity index (χ4v) is 3.12. The minimum atomic E-state index is 0.0960. The van der Waals surface area contributed by atoms with Gasteiger partial charge in [0.2, 0.25) is 0 Å². The first-order chi connectivity index (χ1) is 13.2. The summed E-state index contributed by atoms with van der Waals surface area (Å²) in [6, 6.07) is 10.8. The normalized spacial score (nSPS) is 12.2. The summed E-state index contributed by atoms with van der Waals surface area (Å²) in [5.74, 6) is 0.903. The van der Waals surface area contributed by atoms with E-state index < -0.39 is 0 Å². The Hall–Kier alpha value is -1.59. The smallest absolute Gasteiger partial charge is 0.191 e. The lowest BCUT2D eigenvalue weighted by Crippen LogP contribution is -2.39. The largest absolute Gasteiger partial charge is 0.382 e. The van der Waals surface area contributed by atoms with Crippen molar-refractivity contribution in [3.8, 4) is 0 Å². The highest BCUT2D eigenvalue weighted by atomic mass is 16.5. The van der Waals surface area contributed by atoms with Gasteiger partial charge in [-0.2, -0.15) is 0 Å². The number of hydrogen-bond acceptors (Lipinski definition) is 3. The predicted octanol–water partition coefficient (Wildman–Crippen LogP) is 3.74. The summed E-state index contributed by atoms with van der Waals surface area (Å²) < 4.78 is 10.5. The summed E-state index contributed by atoms with van der Waals surface area (Å²) in [6.45, 7) is 11.3. The van der Waals surface area contributed by atoms with E-state index in [9.17, 15) is 0 Å². The lowest BCUT2D eigenvalue weighted by atomic mass is 9.76. The van der Waals surface area contributed by atoms with Crippen molar-refractivity contribution >= 4 is 5.96 Å². The zero-order valence-electron chi connectivity index (χ0n) is 17.7. The maximum absolute atomic E-state index is 5.50. The van der Waals surface area contributed by atoms with Crippen LogP contribution in [0.3, 0.4) is 0 Å². The SMILES string of the molecule is CCNC(=NCC(CC)(CC)c1ccccc1)NCCCCOCCOC. The van der Waals surface area contributed by atoms with Crippen LogP contribution in [0.4, 0.5) is 0 Å². The molecule has 2 N–H and O–H groups in total. The number of nitrogens with one attached hydrogen (secondary N) is 2. The number of aliphatic imine (C=N–C) groups is 1. The van der Waals surface area contributed by atoms with Gasteiger partial charge in [-0.25, -0.2) is 0 Å². The molecule has 1 aromatic carbocycles. The molecule has 0 saturated heterocycles. The third-order valence-corrected chi connectivity index (χ3v) is 5.06. The fourth-order valence-electron chi connectivity index (χ4n) is 3.12. The van der Waals surface area contributed by atoms with Crippen LogP contribution in [0.1, 0.15) is 52.0 Å². The van der Waals surface area contributed by atoms with Gasteiger partial charge < -0.3 is 20.1 Å². The van der Waals surface area contributed by atoms with Crippen molar-refractivity contribution in [3.05, 3.63) is 35.9 Å². The molecule has 0 fully saturated rings. The molecule has 0 radical (unpaired) electrons. The molecule has 5 nitrogen and oxygen atoms in total. The van der Waals surface area contributed by atoms with Crippen molar-refractivity contribution in [1.29, 1.82) is 0 Å². The molecule has 0 atom stereocenters. The summed E-state index contributed by atoms with van der Waals surface area (Å²) >= 11 is 0. The summed E-state index contributed by atoms with van der Waals surface area (Å²) in [5.41, 5.74) is 1.47. The van der Waals surface area contributed by atoms with E-state index in [0.29, 0.717) is 13.2 Å². The maximum Gasteiger partial charge on any atom is 0.191 e. The van der Waals surface area contributed by atoms with E-state index in [1.807, 2.05) is 0 Å². The zero-order valence-corrected chi connectivity index (χ0v) is 17.7. The van der Waals surface area contributed by atoms with Crippen LogP contribution in [0.15, 0.2) is 35.3 Å². The van der Waals surface area contributed by atoms with E-state index in [-0.39, 0.29) is 5.41 Å². The van der Waals surface area contributed by atoms with Crippen molar-refractivity contribution in [2.24, 2.45) is 4.99 Å². The van der Waals surface area contributed by atoms with Gasteiger partial charge >= 0.3 is 0 Å². The molecule has 0 bridgehead atoms. The lowest BCUT2D eigenvalue weighted by Gasteiger charge is -2.31. The van der Waals surface area contributed by atoms with Crippen LogP contribution in [-0.4, -0.2) is 52.5 Å². The Morgan fingerprint density at radius 1 is 0.963 bits per heavy atom. The highest BCUT2D eigenvalue weighted by Crippen LogP contribution is 2.31. The Morgan fingerprint density at radius 2 is 1.70 bits per heavy atom. The van der Waals surface area contributed by atoms with Gasteiger partial charge in [0, 0.05) is 32.2 Å².